The van der Waals surface area contributed by atoms with Gasteiger partial charge in [-0.25, -0.2) is 4.39 Å². The molecule has 4 nitrogen and oxygen atoms in total. The molecule has 1 aliphatic carbocycles. The van der Waals surface area contributed by atoms with Crippen molar-refractivity contribution in [2.45, 2.75) is 57.7 Å². The van der Waals surface area contributed by atoms with E-state index in [4.69, 9.17) is 0 Å². The Labute approximate surface area is 165 Å². The molecular formula is C23H27FN2O2. The predicted octanol–water partition coefficient (Wildman–Crippen LogP) is 3.84. The number of hydrogen-bond donors (Lipinski definition) is 1. The largest absolute Gasteiger partial charge is 0.352 e. The molecule has 0 aliphatic heterocycles. The van der Waals surface area contributed by atoms with Crippen molar-refractivity contribution in [3.8, 4) is 0 Å². The standard InChI is InChI=1S/C23H27FN2O2/c1-17(23(28)25-21-9-5-6-10-21)26(16-19-11-13-20(24)14-12-19)22(27)15-18-7-3-2-4-8-18/h2-4,7-8,11-14,17,21H,5-6,9-10,15-16H2,1H3,(H,25,28). The van der Waals surface area contributed by atoms with E-state index in [0.29, 0.717) is 0 Å². The Morgan fingerprint density at radius 2 is 1.68 bits per heavy atom. The second-order valence-corrected chi connectivity index (χ2v) is 7.48. The van der Waals surface area contributed by atoms with E-state index in [0.717, 1.165) is 36.8 Å². The average molecular weight is 382 g/mol. The number of carbonyl (C=O) groups excluding carboxylic acids is 2. The van der Waals surface area contributed by atoms with Crippen LogP contribution in [0.2, 0.25) is 0 Å². The highest BCUT2D eigenvalue weighted by Gasteiger charge is 2.28. The van der Waals surface area contributed by atoms with Crippen LogP contribution >= 0.6 is 0 Å². The van der Waals surface area contributed by atoms with E-state index in [9.17, 15) is 14.0 Å². The number of nitrogens with one attached hydrogen (secondary N) is 1. The molecule has 0 radical (unpaired) electrons. The lowest BCUT2D eigenvalue weighted by Crippen LogP contribution is -2.50. The van der Waals surface area contributed by atoms with Gasteiger partial charge in [-0.15, -0.1) is 0 Å². The maximum atomic E-state index is 13.2. The summed E-state index contributed by atoms with van der Waals surface area (Å²) in [5, 5.41) is 3.08. The van der Waals surface area contributed by atoms with Crippen molar-refractivity contribution in [1.82, 2.24) is 10.2 Å². The van der Waals surface area contributed by atoms with Crippen LogP contribution in [0.3, 0.4) is 0 Å². The van der Waals surface area contributed by atoms with Gasteiger partial charge in [-0.3, -0.25) is 9.59 Å². The number of halogens is 1. The molecule has 1 atom stereocenters. The minimum atomic E-state index is -0.595. The van der Waals surface area contributed by atoms with Gasteiger partial charge in [0.1, 0.15) is 11.9 Å². The van der Waals surface area contributed by atoms with Gasteiger partial charge in [0.05, 0.1) is 6.42 Å². The molecule has 0 heterocycles. The quantitative estimate of drug-likeness (QED) is 0.791. The number of carbonyl (C=O) groups is 2. The third-order valence-electron chi connectivity index (χ3n) is 5.33. The molecule has 2 aromatic rings. The molecule has 28 heavy (non-hydrogen) atoms. The molecule has 2 amide bonds. The first-order valence-electron chi connectivity index (χ1n) is 9.91. The maximum Gasteiger partial charge on any atom is 0.242 e. The molecule has 0 spiro atoms. The van der Waals surface area contributed by atoms with Crippen molar-refractivity contribution >= 4 is 11.8 Å². The number of rotatable bonds is 7. The SMILES string of the molecule is CC(C(=O)NC1CCCC1)N(Cc1ccc(F)cc1)C(=O)Cc1ccccc1. The Hall–Kier alpha value is -2.69. The molecule has 0 aromatic heterocycles. The van der Waals surface area contributed by atoms with Crippen molar-refractivity contribution in [3.63, 3.8) is 0 Å². The minimum Gasteiger partial charge on any atom is -0.352 e. The fraction of sp³-hybridized carbons (Fsp3) is 0.391. The summed E-state index contributed by atoms with van der Waals surface area (Å²) in [6.07, 6.45) is 4.48. The lowest BCUT2D eigenvalue weighted by molar-refractivity contribution is -0.140. The summed E-state index contributed by atoms with van der Waals surface area (Å²) in [6.45, 7) is 2.03. The van der Waals surface area contributed by atoms with Crippen molar-refractivity contribution in [1.29, 1.82) is 0 Å². The van der Waals surface area contributed by atoms with Crippen LogP contribution in [-0.4, -0.2) is 28.8 Å². The fourth-order valence-corrected chi connectivity index (χ4v) is 3.63. The van der Waals surface area contributed by atoms with Gasteiger partial charge in [-0.2, -0.15) is 0 Å². The van der Waals surface area contributed by atoms with Crippen LogP contribution in [0.1, 0.15) is 43.7 Å². The van der Waals surface area contributed by atoms with E-state index >= 15 is 0 Å². The summed E-state index contributed by atoms with van der Waals surface area (Å²) in [5.74, 6) is -0.571. The van der Waals surface area contributed by atoms with Crippen LogP contribution in [0.4, 0.5) is 4.39 Å². The van der Waals surface area contributed by atoms with Crippen molar-refractivity contribution in [2.75, 3.05) is 0 Å². The second kappa shape index (κ2) is 9.49. The van der Waals surface area contributed by atoms with Gasteiger partial charge < -0.3 is 10.2 Å². The molecule has 1 aliphatic rings. The first-order chi connectivity index (χ1) is 13.5. The average Bonchev–Trinajstić information content (AvgIpc) is 3.20. The lowest BCUT2D eigenvalue weighted by atomic mass is 10.1. The Balaban J connectivity index is 1.74. The first kappa shape index (κ1) is 20.1. The van der Waals surface area contributed by atoms with E-state index in [1.807, 2.05) is 30.3 Å². The third-order valence-corrected chi connectivity index (χ3v) is 5.33. The van der Waals surface area contributed by atoms with Crippen molar-refractivity contribution < 1.29 is 14.0 Å². The van der Waals surface area contributed by atoms with Gasteiger partial charge in [-0.05, 0) is 43.0 Å². The van der Waals surface area contributed by atoms with Crippen molar-refractivity contribution in [3.05, 3.63) is 71.5 Å². The van der Waals surface area contributed by atoms with Crippen LogP contribution < -0.4 is 5.32 Å². The lowest BCUT2D eigenvalue weighted by Gasteiger charge is -2.30. The Bertz CT molecular complexity index is 786. The molecule has 1 fully saturated rings. The molecular weight excluding hydrogens is 355 g/mol. The van der Waals surface area contributed by atoms with Gasteiger partial charge in [0.15, 0.2) is 0 Å². The summed E-state index contributed by atoms with van der Waals surface area (Å²) in [4.78, 5) is 27.4. The summed E-state index contributed by atoms with van der Waals surface area (Å²) in [6, 6.07) is 15.1. The second-order valence-electron chi connectivity index (χ2n) is 7.48. The number of benzene rings is 2. The Morgan fingerprint density at radius 1 is 1.04 bits per heavy atom. The van der Waals surface area contributed by atoms with Crippen LogP contribution in [0.15, 0.2) is 54.6 Å². The molecule has 0 saturated heterocycles. The normalized spacial score (nSPS) is 15.2. The first-order valence-corrected chi connectivity index (χ1v) is 9.91. The summed E-state index contributed by atoms with van der Waals surface area (Å²) in [5.41, 5.74) is 1.70. The minimum absolute atomic E-state index is 0.121. The van der Waals surface area contributed by atoms with Crippen molar-refractivity contribution in [2.24, 2.45) is 0 Å². The zero-order valence-electron chi connectivity index (χ0n) is 16.2. The molecule has 1 saturated carbocycles. The molecule has 148 valence electrons. The highest BCUT2D eigenvalue weighted by Crippen LogP contribution is 2.19. The van der Waals surface area contributed by atoms with E-state index in [2.05, 4.69) is 5.32 Å². The van der Waals surface area contributed by atoms with Gasteiger partial charge >= 0.3 is 0 Å². The van der Waals surface area contributed by atoms with E-state index in [-0.39, 0.29) is 36.6 Å². The van der Waals surface area contributed by atoms with Crippen LogP contribution in [-0.2, 0) is 22.6 Å². The predicted molar refractivity (Wildman–Crippen MR) is 107 cm³/mol. The Kier molecular flexibility index (Phi) is 6.80. The van der Waals surface area contributed by atoms with Gasteiger partial charge in [-0.1, -0.05) is 55.3 Å². The maximum absolute atomic E-state index is 13.2. The fourth-order valence-electron chi connectivity index (χ4n) is 3.63. The number of hydrogen-bond acceptors (Lipinski definition) is 2. The molecule has 1 N–H and O–H groups in total. The summed E-state index contributed by atoms with van der Waals surface area (Å²) < 4.78 is 13.2. The third kappa shape index (κ3) is 5.41. The smallest absolute Gasteiger partial charge is 0.242 e. The van der Waals surface area contributed by atoms with Crippen LogP contribution in [0, 0.1) is 5.82 Å². The molecule has 3 rings (SSSR count). The van der Waals surface area contributed by atoms with Crippen LogP contribution in [0.5, 0.6) is 0 Å². The molecule has 0 bridgehead atoms. The van der Waals surface area contributed by atoms with E-state index < -0.39 is 6.04 Å². The van der Waals surface area contributed by atoms with Gasteiger partial charge in [0.2, 0.25) is 11.8 Å². The van der Waals surface area contributed by atoms with E-state index in [1.54, 1.807) is 24.0 Å². The van der Waals surface area contributed by atoms with Crippen LogP contribution in [0.25, 0.3) is 0 Å². The topological polar surface area (TPSA) is 49.4 Å². The highest BCUT2D eigenvalue weighted by molar-refractivity contribution is 5.88. The number of amides is 2. The molecule has 5 heteroatoms. The monoisotopic (exact) mass is 382 g/mol. The van der Waals surface area contributed by atoms with E-state index in [1.165, 1.54) is 12.1 Å². The van der Waals surface area contributed by atoms with Gasteiger partial charge in [0, 0.05) is 12.6 Å². The molecule has 1 unspecified atom stereocenters. The zero-order valence-corrected chi connectivity index (χ0v) is 16.2. The zero-order chi connectivity index (χ0) is 19.9. The summed E-state index contributed by atoms with van der Waals surface area (Å²) >= 11 is 0. The number of nitrogens with zero attached hydrogens (tertiary/aromatic N) is 1. The Morgan fingerprint density at radius 3 is 2.32 bits per heavy atom. The van der Waals surface area contributed by atoms with Gasteiger partial charge in [0.25, 0.3) is 0 Å². The highest BCUT2D eigenvalue weighted by atomic mass is 19.1. The summed E-state index contributed by atoms with van der Waals surface area (Å²) in [7, 11) is 0. The molecule has 2 aromatic carbocycles.